The Labute approximate surface area is 224 Å². The van der Waals surface area contributed by atoms with Gasteiger partial charge in [0.05, 0.1) is 5.56 Å². The van der Waals surface area contributed by atoms with Crippen molar-refractivity contribution in [3.63, 3.8) is 0 Å². The van der Waals surface area contributed by atoms with Gasteiger partial charge in [-0.25, -0.2) is 4.39 Å². The quantitative estimate of drug-likeness (QED) is 0.258. The summed E-state index contributed by atoms with van der Waals surface area (Å²) in [5.41, 5.74) is 9.62. The molecule has 6 nitrogen and oxygen atoms in total. The van der Waals surface area contributed by atoms with E-state index in [1.54, 1.807) is 24.3 Å². The normalized spacial score (nSPS) is 12.9. The van der Waals surface area contributed by atoms with Gasteiger partial charge >= 0.3 is 0 Å². The zero-order valence-electron chi connectivity index (χ0n) is 20.9. The molecular weight excluding hydrogens is 495 g/mol. The summed E-state index contributed by atoms with van der Waals surface area (Å²) in [4.78, 5) is 27.8. The maximum atomic E-state index is 13.6. The molecule has 5 aromatic rings. The van der Waals surface area contributed by atoms with E-state index in [1.807, 2.05) is 41.3 Å². The zero-order valence-corrected chi connectivity index (χ0v) is 20.9. The molecule has 1 heterocycles. The van der Waals surface area contributed by atoms with Crippen molar-refractivity contribution in [2.24, 2.45) is 5.73 Å². The number of anilines is 1. The van der Waals surface area contributed by atoms with E-state index in [0.717, 1.165) is 24.1 Å². The number of carbonyl (C=O) groups excluding carboxylic acids is 2. The van der Waals surface area contributed by atoms with Crippen molar-refractivity contribution < 1.29 is 23.5 Å². The van der Waals surface area contributed by atoms with Crippen LogP contribution >= 0.6 is 0 Å². The lowest BCUT2D eigenvalue weighted by molar-refractivity contribution is 0.0981. The molecule has 0 atom stereocenters. The Morgan fingerprint density at radius 2 is 1.69 bits per heavy atom. The largest absolute Gasteiger partial charge is 0.508 e. The highest BCUT2D eigenvalue weighted by Crippen LogP contribution is 2.36. The number of nitrogens with zero attached hydrogens (tertiary/aromatic N) is 1. The van der Waals surface area contributed by atoms with Gasteiger partial charge in [0, 0.05) is 34.7 Å². The fourth-order valence-electron chi connectivity index (χ4n) is 4.94. The first kappa shape index (κ1) is 24.4. The number of amides is 2. The van der Waals surface area contributed by atoms with Crippen LogP contribution in [0.15, 0.2) is 95.4 Å². The summed E-state index contributed by atoms with van der Waals surface area (Å²) < 4.78 is 19.4. The number of para-hydroxylation sites is 1. The first-order chi connectivity index (χ1) is 18.9. The molecule has 0 unspecified atom stereocenters. The molecule has 3 N–H and O–H groups in total. The second-order valence-corrected chi connectivity index (χ2v) is 9.77. The molecule has 39 heavy (non-hydrogen) atoms. The first-order valence-electron chi connectivity index (χ1n) is 12.7. The smallest absolute Gasteiger partial charge is 0.258 e. The Morgan fingerprint density at radius 3 is 2.38 bits per heavy atom. The minimum atomic E-state index is -0.665. The summed E-state index contributed by atoms with van der Waals surface area (Å²) in [5.74, 6) is -0.843. The minimum Gasteiger partial charge on any atom is -0.508 e. The van der Waals surface area contributed by atoms with Gasteiger partial charge in [-0.15, -0.1) is 0 Å². The standard InChI is InChI=1S/C32H25FN2O4/c33-23-10-7-20(8-11-23)30-29(31(34)37)26-17-19(6-15-28(26)39-30)16-22-18-21(9-14-27(22)36)32(38)35(25-12-13-25)24-4-2-1-3-5-24/h1-11,14-15,17-18,25,36H,12-13,16H2,(H2,34,37). The number of fused-ring (bicyclic) bond motifs is 1. The van der Waals surface area contributed by atoms with Crippen LogP contribution in [0.5, 0.6) is 5.75 Å². The highest BCUT2D eigenvalue weighted by atomic mass is 19.1. The Bertz CT molecular complexity index is 1710. The number of halogens is 1. The minimum absolute atomic E-state index is 0.0682. The number of benzene rings is 4. The lowest BCUT2D eigenvalue weighted by Gasteiger charge is -2.23. The van der Waals surface area contributed by atoms with Crippen molar-refractivity contribution >= 4 is 28.5 Å². The van der Waals surface area contributed by atoms with E-state index in [4.69, 9.17) is 10.2 Å². The Hall–Kier alpha value is -4.91. The van der Waals surface area contributed by atoms with Crippen LogP contribution < -0.4 is 10.6 Å². The monoisotopic (exact) mass is 520 g/mol. The summed E-state index contributed by atoms with van der Waals surface area (Å²) in [6, 6.07) is 25.6. The number of phenols is 1. The van der Waals surface area contributed by atoms with E-state index in [2.05, 4.69) is 0 Å². The molecule has 6 rings (SSSR count). The Balaban J connectivity index is 1.34. The van der Waals surface area contributed by atoms with E-state index in [9.17, 15) is 19.1 Å². The molecule has 1 saturated carbocycles. The summed E-state index contributed by atoms with van der Waals surface area (Å²) in [7, 11) is 0. The second-order valence-electron chi connectivity index (χ2n) is 9.77. The van der Waals surface area contributed by atoms with Gasteiger partial charge in [0.1, 0.15) is 22.9 Å². The molecule has 2 amide bonds. The molecule has 0 aliphatic heterocycles. The van der Waals surface area contributed by atoms with Crippen molar-refractivity contribution in [1.82, 2.24) is 0 Å². The van der Waals surface area contributed by atoms with Crippen molar-refractivity contribution in [3.8, 4) is 17.1 Å². The number of hydrogen-bond acceptors (Lipinski definition) is 4. The van der Waals surface area contributed by atoms with E-state index in [0.29, 0.717) is 34.1 Å². The number of furan rings is 1. The number of aromatic hydroxyl groups is 1. The summed E-state index contributed by atoms with van der Waals surface area (Å²) in [6.07, 6.45) is 2.23. The molecule has 194 valence electrons. The number of rotatable bonds is 7. The number of phenolic OH excluding ortho intramolecular Hbond substituents is 1. The molecular formula is C32H25FN2O4. The van der Waals surface area contributed by atoms with E-state index in [1.165, 1.54) is 30.3 Å². The van der Waals surface area contributed by atoms with Crippen LogP contribution in [-0.4, -0.2) is 23.0 Å². The highest BCUT2D eigenvalue weighted by Gasteiger charge is 2.34. The summed E-state index contributed by atoms with van der Waals surface area (Å²) >= 11 is 0. The van der Waals surface area contributed by atoms with Gasteiger partial charge in [0.2, 0.25) is 0 Å². The molecule has 1 aliphatic carbocycles. The first-order valence-corrected chi connectivity index (χ1v) is 12.7. The van der Waals surface area contributed by atoms with Crippen LogP contribution in [0.4, 0.5) is 10.1 Å². The lowest BCUT2D eigenvalue weighted by atomic mass is 9.98. The van der Waals surface area contributed by atoms with Gasteiger partial charge in [-0.2, -0.15) is 0 Å². The predicted molar refractivity (Wildman–Crippen MR) is 147 cm³/mol. The van der Waals surface area contributed by atoms with Crippen LogP contribution in [0.3, 0.4) is 0 Å². The topological polar surface area (TPSA) is 96.8 Å². The van der Waals surface area contributed by atoms with Crippen molar-refractivity contribution in [1.29, 1.82) is 0 Å². The maximum Gasteiger partial charge on any atom is 0.258 e. The van der Waals surface area contributed by atoms with E-state index in [-0.39, 0.29) is 29.0 Å². The average molecular weight is 521 g/mol. The number of carbonyl (C=O) groups is 2. The van der Waals surface area contributed by atoms with Gasteiger partial charge in [-0.05, 0) is 90.7 Å². The van der Waals surface area contributed by atoms with Crippen LogP contribution in [0.1, 0.15) is 44.7 Å². The highest BCUT2D eigenvalue weighted by molar-refractivity contribution is 6.10. The van der Waals surface area contributed by atoms with Gasteiger partial charge < -0.3 is 20.2 Å². The number of nitrogens with two attached hydrogens (primary N) is 1. The van der Waals surface area contributed by atoms with E-state index >= 15 is 0 Å². The molecule has 0 saturated heterocycles. The Kier molecular flexibility index (Phi) is 6.11. The lowest BCUT2D eigenvalue weighted by Crippen LogP contribution is -2.33. The van der Waals surface area contributed by atoms with Gasteiger partial charge in [0.15, 0.2) is 0 Å². The van der Waals surface area contributed by atoms with Crippen LogP contribution in [-0.2, 0) is 6.42 Å². The fraction of sp³-hybridized carbons (Fsp3) is 0.125. The van der Waals surface area contributed by atoms with Gasteiger partial charge in [0.25, 0.3) is 11.8 Å². The SMILES string of the molecule is NC(=O)c1c(-c2ccc(F)cc2)oc2ccc(Cc3cc(C(=O)N(c4ccccc4)C4CC4)ccc3O)cc12. The zero-order chi connectivity index (χ0) is 27.1. The van der Waals surface area contributed by atoms with Crippen molar-refractivity contribution in [2.75, 3.05) is 4.90 Å². The molecule has 1 fully saturated rings. The van der Waals surface area contributed by atoms with Crippen molar-refractivity contribution in [2.45, 2.75) is 25.3 Å². The predicted octanol–water partition coefficient (Wildman–Crippen LogP) is 6.44. The van der Waals surface area contributed by atoms with E-state index < -0.39 is 11.7 Å². The molecule has 0 spiro atoms. The summed E-state index contributed by atoms with van der Waals surface area (Å²) in [5, 5.41) is 11.2. The van der Waals surface area contributed by atoms with Crippen LogP contribution in [0.2, 0.25) is 0 Å². The van der Waals surface area contributed by atoms with Gasteiger partial charge in [-0.3, -0.25) is 9.59 Å². The third-order valence-electron chi connectivity index (χ3n) is 6.99. The number of primary amides is 1. The molecule has 0 radical (unpaired) electrons. The second kappa shape index (κ2) is 9.76. The molecule has 0 bridgehead atoms. The van der Waals surface area contributed by atoms with Crippen LogP contribution in [0.25, 0.3) is 22.3 Å². The average Bonchev–Trinajstić information content (AvgIpc) is 3.69. The molecule has 7 heteroatoms. The molecule has 1 aliphatic rings. The van der Waals surface area contributed by atoms with Crippen molar-refractivity contribution in [3.05, 3.63) is 119 Å². The molecule has 4 aromatic carbocycles. The molecule has 1 aromatic heterocycles. The fourth-order valence-corrected chi connectivity index (χ4v) is 4.94. The van der Waals surface area contributed by atoms with Gasteiger partial charge in [-0.1, -0.05) is 24.3 Å². The third kappa shape index (κ3) is 4.75. The number of hydrogen-bond donors (Lipinski definition) is 2. The maximum absolute atomic E-state index is 13.6. The van der Waals surface area contributed by atoms with Crippen LogP contribution in [0, 0.1) is 5.82 Å². The third-order valence-corrected chi connectivity index (χ3v) is 6.99. The summed E-state index contributed by atoms with van der Waals surface area (Å²) in [6.45, 7) is 0. The Morgan fingerprint density at radius 1 is 0.949 bits per heavy atom.